The Labute approximate surface area is 104 Å². The minimum Gasteiger partial charge on any atom is -0.329 e. The largest absolute Gasteiger partial charge is 0.329 e. The normalized spacial score (nSPS) is 41.1. The average molecular weight is 242 g/mol. The van der Waals surface area contributed by atoms with E-state index in [1.807, 2.05) is 0 Å². The Morgan fingerprint density at radius 2 is 2.12 bits per heavy atom. The molecular weight excluding hydrogens is 216 g/mol. The van der Waals surface area contributed by atoms with E-state index in [1.165, 1.54) is 30.9 Å². The quantitative estimate of drug-likeness (QED) is 0.822. The molecule has 0 aromatic rings. The topological polar surface area (TPSA) is 29.3 Å². The summed E-state index contributed by atoms with van der Waals surface area (Å²) in [6.07, 6.45) is 2.66. The molecule has 1 unspecified atom stereocenters. The molecule has 1 saturated heterocycles. The van der Waals surface area contributed by atoms with Gasteiger partial charge in [0, 0.05) is 36.2 Å². The zero-order chi connectivity index (χ0) is 11.8. The van der Waals surface area contributed by atoms with Gasteiger partial charge in [-0.15, -0.1) is 0 Å². The van der Waals surface area contributed by atoms with Gasteiger partial charge in [-0.3, -0.25) is 4.90 Å². The lowest BCUT2D eigenvalue weighted by Gasteiger charge is -2.58. The second kappa shape index (κ2) is 4.87. The highest BCUT2D eigenvalue weighted by Gasteiger charge is 2.49. The summed E-state index contributed by atoms with van der Waals surface area (Å²) in [6.45, 7) is 9.16. The molecule has 2 rings (SSSR count). The maximum Gasteiger partial charge on any atom is 0.0340 e. The molecule has 94 valence electrons. The Morgan fingerprint density at radius 3 is 2.62 bits per heavy atom. The summed E-state index contributed by atoms with van der Waals surface area (Å²) in [4.78, 5) is 2.71. The van der Waals surface area contributed by atoms with Gasteiger partial charge in [-0.25, -0.2) is 0 Å². The Bertz CT molecular complexity index is 236. The highest BCUT2D eigenvalue weighted by atomic mass is 32.2. The summed E-state index contributed by atoms with van der Waals surface area (Å²) >= 11 is 2.09. The minimum absolute atomic E-state index is 0.356. The molecule has 1 saturated carbocycles. The molecule has 0 radical (unpaired) electrons. The van der Waals surface area contributed by atoms with Crippen LogP contribution < -0.4 is 5.73 Å². The Morgan fingerprint density at radius 1 is 1.44 bits per heavy atom. The Balaban J connectivity index is 2.00. The van der Waals surface area contributed by atoms with Gasteiger partial charge in [-0.1, -0.05) is 13.8 Å². The van der Waals surface area contributed by atoms with Crippen LogP contribution in [0.4, 0.5) is 0 Å². The molecule has 2 fully saturated rings. The van der Waals surface area contributed by atoms with Crippen LogP contribution in [0, 0.1) is 11.8 Å². The molecule has 1 atom stereocenters. The van der Waals surface area contributed by atoms with Crippen molar-refractivity contribution in [3.05, 3.63) is 0 Å². The summed E-state index contributed by atoms with van der Waals surface area (Å²) in [5.41, 5.74) is 6.43. The summed E-state index contributed by atoms with van der Waals surface area (Å²) in [7, 11) is 0. The van der Waals surface area contributed by atoms with Crippen LogP contribution in [0.5, 0.6) is 0 Å². The predicted octanol–water partition coefficient (Wildman–Crippen LogP) is 2.19. The van der Waals surface area contributed by atoms with Crippen molar-refractivity contribution in [1.29, 1.82) is 0 Å². The van der Waals surface area contributed by atoms with Gasteiger partial charge < -0.3 is 5.73 Å². The van der Waals surface area contributed by atoms with Crippen LogP contribution in [-0.2, 0) is 0 Å². The lowest BCUT2D eigenvalue weighted by atomic mass is 9.63. The second-order valence-corrected chi connectivity index (χ2v) is 7.11. The number of hydrogen-bond acceptors (Lipinski definition) is 3. The van der Waals surface area contributed by atoms with E-state index in [4.69, 9.17) is 5.73 Å². The van der Waals surface area contributed by atoms with Crippen molar-refractivity contribution in [2.45, 2.75) is 45.2 Å². The van der Waals surface area contributed by atoms with Crippen molar-refractivity contribution in [1.82, 2.24) is 4.90 Å². The van der Waals surface area contributed by atoms with E-state index >= 15 is 0 Å². The van der Waals surface area contributed by atoms with E-state index in [0.717, 1.165) is 24.4 Å². The third-order valence-electron chi connectivity index (χ3n) is 4.58. The number of rotatable bonds is 3. The monoisotopic (exact) mass is 242 g/mol. The van der Waals surface area contributed by atoms with E-state index in [0.29, 0.717) is 5.54 Å². The average Bonchev–Trinajstić information content (AvgIpc) is 2.19. The molecule has 2 N–H and O–H groups in total. The van der Waals surface area contributed by atoms with Crippen LogP contribution in [0.25, 0.3) is 0 Å². The molecule has 1 aliphatic carbocycles. The van der Waals surface area contributed by atoms with Gasteiger partial charge in [-0.2, -0.15) is 11.8 Å². The van der Waals surface area contributed by atoms with Gasteiger partial charge >= 0.3 is 0 Å². The molecule has 3 heteroatoms. The smallest absolute Gasteiger partial charge is 0.0340 e. The van der Waals surface area contributed by atoms with Crippen molar-refractivity contribution in [3.63, 3.8) is 0 Å². The molecule has 0 amide bonds. The van der Waals surface area contributed by atoms with Crippen LogP contribution in [0.2, 0.25) is 0 Å². The predicted molar refractivity (Wildman–Crippen MR) is 72.8 cm³/mol. The summed E-state index contributed by atoms with van der Waals surface area (Å²) in [5.74, 6) is 4.31. The molecule has 0 aromatic carbocycles. The van der Waals surface area contributed by atoms with Gasteiger partial charge in [-0.05, 0) is 31.6 Å². The summed E-state index contributed by atoms with van der Waals surface area (Å²) in [5, 5.41) is 0. The SMILES string of the molecule is CC(C)C1CC(CN)(N2CCSCC2C)C1. The Hall–Kier alpha value is 0.270. The fourth-order valence-electron chi connectivity index (χ4n) is 3.34. The summed E-state index contributed by atoms with van der Waals surface area (Å²) in [6, 6.07) is 0.718. The van der Waals surface area contributed by atoms with Gasteiger partial charge in [0.05, 0.1) is 0 Å². The third kappa shape index (κ3) is 2.14. The molecule has 16 heavy (non-hydrogen) atoms. The number of thioether (sulfide) groups is 1. The second-order valence-electron chi connectivity index (χ2n) is 5.96. The van der Waals surface area contributed by atoms with Crippen molar-refractivity contribution >= 4 is 11.8 Å². The Kier molecular flexibility index (Phi) is 3.87. The van der Waals surface area contributed by atoms with E-state index in [1.54, 1.807) is 0 Å². The molecule has 0 bridgehead atoms. The standard InChI is InChI=1S/C13H26N2S/c1-10(2)12-6-13(7-12,9-14)15-4-5-16-8-11(15)3/h10-12H,4-9,14H2,1-3H3. The van der Waals surface area contributed by atoms with Crippen LogP contribution >= 0.6 is 11.8 Å². The highest BCUT2D eigenvalue weighted by molar-refractivity contribution is 7.99. The van der Waals surface area contributed by atoms with Gasteiger partial charge in [0.25, 0.3) is 0 Å². The molecule has 1 heterocycles. The summed E-state index contributed by atoms with van der Waals surface area (Å²) < 4.78 is 0. The van der Waals surface area contributed by atoms with E-state index in [-0.39, 0.29) is 0 Å². The fraction of sp³-hybridized carbons (Fsp3) is 1.00. The fourth-order valence-corrected chi connectivity index (χ4v) is 4.35. The van der Waals surface area contributed by atoms with Crippen LogP contribution in [-0.4, -0.2) is 41.1 Å². The molecule has 2 nitrogen and oxygen atoms in total. The minimum atomic E-state index is 0.356. The zero-order valence-corrected chi connectivity index (χ0v) is 11.7. The molecule has 0 spiro atoms. The van der Waals surface area contributed by atoms with Crippen LogP contribution in [0.1, 0.15) is 33.6 Å². The number of hydrogen-bond donors (Lipinski definition) is 1. The van der Waals surface area contributed by atoms with E-state index in [2.05, 4.69) is 37.4 Å². The van der Waals surface area contributed by atoms with Crippen molar-refractivity contribution in [3.8, 4) is 0 Å². The van der Waals surface area contributed by atoms with Gasteiger partial charge in [0.1, 0.15) is 0 Å². The van der Waals surface area contributed by atoms with E-state index in [9.17, 15) is 0 Å². The van der Waals surface area contributed by atoms with E-state index < -0.39 is 0 Å². The van der Waals surface area contributed by atoms with Crippen LogP contribution in [0.15, 0.2) is 0 Å². The van der Waals surface area contributed by atoms with Crippen molar-refractivity contribution in [2.75, 3.05) is 24.6 Å². The first-order valence-electron chi connectivity index (χ1n) is 6.63. The first-order valence-corrected chi connectivity index (χ1v) is 7.79. The molecule has 0 aromatic heterocycles. The first-order chi connectivity index (χ1) is 7.59. The van der Waals surface area contributed by atoms with Crippen molar-refractivity contribution < 1.29 is 0 Å². The van der Waals surface area contributed by atoms with Gasteiger partial charge in [0.15, 0.2) is 0 Å². The number of nitrogens with zero attached hydrogens (tertiary/aromatic N) is 1. The zero-order valence-electron chi connectivity index (χ0n) is 10.9. The molecule has 1 aliphatic heterocycles. The van der Waals surface area contributed by atoms with Crippen LogP contribution in [0.3, 0.4) is 0 Å². The molecule has 2 aliphatic rings. The maximum absolute atomic E-state index is 6.08. The molecular formula is C13H26N2S. The van der Waals surface area contributed by atoms with Crippen molar-refractivity contribution in [2.24, 2.45) is 17.6 Å². The lowest BCUT2D eigenvalue weighted by molar-refractivity contribution is -0.0494. The lowest BCUT2D eigenvalue weighted by Crippen LogP contribution is -2.66. The third-order valence-corrected chi connectivity index (χ3v) is 5.77. The first kappa shape index (κ1) is 12.7. The maximum atomic E-state index is 6.08. The highest BCUT2D eigenvalue weighted by Crippen LogP contribution is 2.47. The van der Waals surface area contributed by atoms with Gasteiger partial charge in [0.2, 0.25) is 0 Å². The number of nitrogens with two attached hydrogens (primary N) is 1.